The number of H-pyrrole nitrogens is 1. The van der Waals surface area contributed by atoms with Crippen molar-refractivity contribution in [1.82, 2.24) is 14.9 Å². The number of nitrogens with zero attached hydrogens (tertiary/aromatic N) is 3. The van der Waals surface area contributed by atoms with Gasteiger partial charge in [0.2, 0.25) is 0 Å². The van der Waals surface area contributed by atoms with Gasteiger partial charge in [-0.3, -0.25) is 4.99 Å². The zero-order valence-electron chi connectivity index (χ0n) is 17.2. The topological polar surface area (TPSA) is 44.3 Å². The van der Waals surface area contributed by atoms with Crippen molar-refractivity contribution in [2.24, 2.45) is 4.99 Å². The molecule has 1 N–H and O–H groups in total. The van der Waals surface area contributed by atoms with Crippen LogP contribution in [0.1, 0.15) is 69.3 Å². The minimum atomic E-state index is 0.701. The molecule has 0 aliphatic rings. The van der Waals surface area contributed by atoms with Crippen molar-refractivity contribution in [3.8, 4) is 0 Å². The Kier molecular flexibility index (Phi) is 10.5. The number of aromatic amines is 1. The van der Waals surface area contributed by atoms with Gasteiger partial charge >= 0.3 is 0 Å². The summed E-state index contributed by atoms with van der Waals surface area (Å²) < 4.78 is 0. The highest BCUT2D eigenvalue weighted by Crippen LogP contribution is 2.11. The van der Waals surface area contributed by atoms with Crippen molar-refractivity contribution in [3.05, 3.63) is 53.6 Å². The second-order valence-corrected chi connectivity index (χ2v) is 7.27. The highest BCUT2D eigenvalue weighted by molar-refractivity contribution is 5.74. The van der Waals surface area contributed by atoms with Gasteiger partial charge in [0, 0.05) is 12.4 Å². The number of benzene rings is 1. The van der Waals surface area contributed by atoms with Gasteiger partial charge < -0.3 is 9.88 Å². The van der Waals surface area contributed by atoms with Gasteiger partial charge in [-0.2, -0.15) is 0 Å². The maximum absolute atomic E-state index is 4.43. The van der Waals surface area contributed by atoms with Crippen LogP contribution in [0.5, 0.6) is 0 Å². The first-order chi connectivity index (χ1) is 13.3. The number of rotatable bonds is 14. The number of imidazole rings is 1. The van der Waals surface area contributed by atoms with E-state index in [-0.39, 0.29) is 0 Å². The summed E-state index contributed by atoms with van der Waals surface area (Å²) in [5, 5.41) is 0. The summed E-state index contributed by atoms with van der Waals surface area (Å²) in [6.45, 7) is 9.04. The fraction of sp³-hybridized carbons (Fsp3) is 0.565. The van der Waals surface area contributed by atoms with Crippen LogP contribution in [0.15, 0.2) is 41.7 Å². The summed E-state index contributed by atoms with van der Waals surface area (Å²) in [5.41, 5.74) is 2.68. The van der Waals surface area contributed by atoms with Crippen LogP contribution in [0, 0.1) is 0 Å². The molecule has 1 aromatic heterocycles. The molecule has 0 bridgehead atoms. The van der Waals surface area contributed by atoms with Gasteiger partial charge in [-0.15, -0.1) is 0 Å². The summed E-state index contributed by atoms with van der Waals surface area (Å²) in [4.78, 5) is 14.2. The van der Waals surface area contributed by atoms with Crippen LogP contribution in [0.2, 0.25) is 0 Å². The summed E-state index contributed by atoms with van der Waals surface area (Å²) in [6.07, 6.45) is 14.4. The molecule has 0 aliphatic heterocycles. The largest absolute Gasteiger partial charge is 0.344 e. The molecule has 148 valence electrons. The van der Waals surface area contributed by atoms with Crippen molar-refractivity contribution in [2.75, 3.05) is 19.6 Å². The van der Waals surface area contributed by atoms with Gasteiger partial charge in [0.05, 0.1) is 12.8 Å². The number of aliphatic imine (C=N–C) groups is 1. The fourth-order valence-electron chi connectivity index (χ4n) is 3.38. The standard InChI is InChI=1S/C23H36N4/c1-3-16-27(17-4-2)18-8-6-5-7-9-21-10-12-22(13-11-21)19-24-20-23-25-14-15-26-23/h10-15,20H,3-9,16-19H2,1-2H3,(H,25,26). The zero-order valence-corrected chi connectivity index (χ0v) is 17.2. The molecule has 0 atom stereocenters. The van der Waals surface area contributed by atoms with Crippen LogP contribution in [-0.4, -0.2) is 40.7 Å². The molecule has 0 saturated heterocycles. The van der Waals surface area contributed by atoms with E-state index < -0.39 is 0 Å². The number of nitrogens with one attached hydrogen (secondary N) is 1. The second kappa shape index (κ2) is 13.3. The van der Waals surface area contributed by atoms with Crippen LogP contribution in [0.4, 0.5) is 0 Å². The Bertz CT molecular complexity index is 610. The molecule has 0 amide bonds. The van der Waals surface area contributed by atoms with E-state index in [1.807, 2.05) is 6.20 Å². The number of aromatic nitrogens is 2. The third-order valence-corrected chi connectivity index (χ3v) is 4.80. The van der Waals surface area contributed by atoms with Crippen molar-refractivity contribution < 1.29 is 0 Å². The first kappa shape index (κ1) is 21.4. The SMILES string of the molecule is CCCN(CCC)CCCCCCc1ccc(CN=Cc2ncc[nH]2)cc1. The molecule has 0 fully saturated rings. The quantitative estimate of drug-likeness (QED) is 0.365. The summed E-state index contributed by atoms with van der Waals surface area (Å²) in [5.74, 6) is 0.805. The number of aryl methyl sites for hydroxylation is 1. The fourth-order valence-corrected chi connectivity index (χ4v) is 3.38. The van der Waals surface area contributed by atoms with Crippen molar-refractivity contribution in [1.29, 1.82) is 0 Å². The van der Waals surface area contributed by atoms with Crippen molar-refractivity contribution >= 4 is 6.21 Å². The third-order valence-electron chi connectivity index (χ3n) is 4.80. The maximum atomic E-state index is 4.43. The third kappa shape index (κ3) is 9.00. The van der Waals surface area contributed by atoms with Crippen molar-refractivity contribution in [2.45, 2.75) is 65.3 Å². The van der Waals surface area contributed by atoms with Gasteiger partial charge in [0.25, 0.3) is 0 Å². The van der Waals surface area contributed by atoms with Crippen LogP contribution in [-0.2, 0) is 13.0 Å². The number of unbranched alkanes of at least 4 members (excludes halogenated alkanes) is 3. The number of hydrogen-bond acceptors (Lipinski definition) is 3. The average molecular weight is 369 g/mol. The highest BCUT2D eigenvalue weighted by atomic mass is 15.1. The Balaban J connectivity index is 1.58. The first-order valence-electron chi connectivity index (χ1n) is 10.6. The molecule has 1 heterocycles. The Morgan fingerprint density at radius 3 is 2.30 bits per heavy atom. The Morgan fingerprint density at radius 1 is 0.926 bits per heavy atom. The van der Waals surface area contributed by atoms with Gasteiger partial charge in [-0.25, -0.2) is 4.98 Å². The monoisotopic (exact) mass is 368 g/mol. The lowest BCUT2D eigenvalue weighted by Crippen LogP contribution is -2.26. The summed E-state index contributed by atoms with van der Waals surface area (Å²) >= 11 is 0. The normalized spacial score (nSPS) is 11.7. The van der Waals surface area contributed by atoms with Crippen LogP contribution < -0.4 is 0 Å². The summed E-state index contributed by atoms with van der Waals surface area (Å²) in [6, 6.07) is 8.90. The molecule has 0 radical (unpaired) electrons. The van der Waals surface area contributed by atoms with E-state index in [0.717, 1.165) is 5.82 Å². The molecule has 1 aromatic carbocycles. The predicted octanol–water partition coefficient (Wildman–Crippen LogP) is 5.25. The molecule has 4 nitrogen and oxygen atoms in total. The first-order valence-corrected chi connectivity index (χ1v) is 10.6. The molecule has 2 aromatic rings. The molecule has 0 unspecified atom stereocenters. The van der Waals surface area contributed by atoms with E-state index in [1.165, 1.54) is 75.7 Å². The van der Waals surface area contributed by atoms with E-state index in [4.69, 9.17) is 0 Å². The zero-order chi connectivity index (χ0) is 19.2. The van der Waals surface area contributed by atoms with Crippen molar-refractivity contribution in [3.63, 3.8) is 0 Å². The summed E-state index contributed by atoms with van der Waals surface area (Å²) in [7, 11) is 0. The second-order valence-electron chi connectivity index (χ2n) is 7.27. The average Bonchev–Trinajstić information content (AvgIpc) is 3.19. The molecule has 0 aliphatic carbocycles. The van der Waals surface area contributed by atoms with Gasteiger partial charge in [0.1, 0.15) is 5.82 Å². The van der Waals surface area contributed by atoms with Gasteiger partial charge in [-0.1, -0.05) is 51.0 Å². The minimum absolute atomic E-state index is 0.701. The molecular formula is C23H36N4. The van der Waals surface area contributed by atoms with Crippen LogP contribution in [0.3, 0.4) is 0 Å². The van der Waals surface area contributed by atoms with E-state index in [1.54, 1.807) is 12.4 Å². The number of hydrogen-bond donors (Lipinski definition) is 1. The maximum Gasteiger partial charge on any atom is 0.148 e. The molecule has 4 heteroatoms. The lowest BCUT2D eigenvalue weighted by atomic mass is 10.0. The molecule has 0 saturated carbocycles. The molecule has 27 heavy (non-hydrogen) atoms. The smallest absolute Gasteiger partial charge is 0.148 e. The van der Waals surface area contributed by atoms with Gasteiger partial charge in [0.15, 0.2) is 0 Å². The minimum Gasteiger partial charge on any atom is -0.344 e. The lowest BCUT2D eigenvalue weighted by Gasteiger charge is -2.20. The van der Waals surface area contributed by atoms with Crippen LogP contribution in [0.25, 0.3) is 0 Å². The van der Waals surface area contributed by atoms with Crippen LogP contribution >= 0.6 is 0 Å². The van der Waals surface area contributed by atoms with Gasteiger partial charge in [-0.05, 0) is 62.9 Å². The highest BCUT2D eigenvalue weighted by Gasteiger charge is 2.02. The Hall–Kier alpha value is -1.94. The molecule has 0 spiro atoms. The van der Waals surface area contributed by atoms with E-state index in [9.17, 15) is 0 Å². The molecular weight excluding hydrogens is 332 g/mol. The van der Waals surface area contributed by atoms with E-state index in [2.05, 4.69) is 58.0 Å². The Morgan fingerprint density at radius 2 is 1.63 bits per heavy atom. The predicted molar refractivity (Wildman–Crippen MR) is 116 cm³/mol. The Labute approximate surface area is 165 Å². The van der Waals surface area contributed by atoms with E-state index in [0.29, 0.717) is 6.54 Å². The van der Waals surface area contributed by atoms with E-state index >= 15 is 0 Å². The molecule has 2 rings (SSSR count). The lowest BCUT2D eigenvalue weighted by molar-refractivity contribution is 0.268.